The molecule has 1 nitrogen and oxygen atoms in total. The van der Waals surface area contributed by atoms with Crippen molar-refractivity contribution in [2.75, 3.05) is 0 Å². The highest BCUT2D eigenvalue weighted by atomic mass is 14.6. The molecule has 0 amide bonds. The molecule has 96 valence electrons. The summed E-state index contributed by atoms with van der Waals surface area (Å²) in [5.74, 6) is 0. The molecule has 1 unspecified atom stereocenters. The van der Waals surface area contributed by atoms with Gasteiger partial charge in [-0.15, -0.1) is 0 Å². The molecule has 0 aliphatic carbocycles. The third-order valence-corrected chi connectivity index (χ3v) is 3.92. The standard InChI is InChI=1S/C16H27N/c1-6-7-8-15(17)10-16-13(4)11(2)9-12(3)14(16)5/h9,15H,6-8,10,17H2,1-5H3. The quantitative estimate of drug-likeness (QED) is 0.818. The van der Waals surface area contributed by atoms with Crippen LogP contribution in [0.3, 0.4) is 0 Å². The maximum absolute atomic E-state index is 6.23. The van der Waals surface area contributed by atoms with Gasteiger partial charge in [0.15, 0.2) is 0 Å². The Morgan fingerprint density at radius 1 is 1.06 bits per heavy atom. The molecule has 0 saturated carbocycles. The van der Waals surface area contributed by atoms with E-state index in [-0.39, 0.29) is 0 Å². The average molecular weight is 233 g/mol. The molecule has 1 rings (SSSR count). The average Bonchev–Trinajstić information content (AvgIpc) is 2.29. The maximum Gasteiger partial charge on any atom is 0.00795 e. The van der Waals surface area contributed by atoms with Crippen LogP contribution in [0.2, 0.25) is 0 Å². The molecule has 0 aliphatic heterocycles. The third kappa shape index (κ3) is 3.57. The van der Waals surface area contributed by atoms with Crippen LogP contribution in [0.1, 0.15) is 54.0 Å². The zero-order valence-electron chi connectivity index (χ0n) is 12.1. The molecule has 0 fully saturated rings. The number of unbranched alkanes of at least 4 members (excludes halogenated alkanes) is 1. The maximum atomic E-state index is 6.23. The van der Waals surface area contributed by atoms with Crippen LogP contribution in [0.25, 0.3) is 0 Å². The number of hydrogen-bond donors (Lipinski definition) is 1. The Morgan fingerprint density at radius 3 is 2.06 bits per heavy atom. The van der Waals surface area contributed by atoms with Gasteiger partial charge in [-0.1, -0.05) is 25.8 Å². The summed E-state index contributed by atoms with van der Waals surface area (Å²) >= 11 is 0. The topological polar surface area (TPSA) is 26.0 Å². The van der Waals surface area contributed by atoms with E-state index in [0.717, 1.165) is 12.8 Å². The highest BCUT2D eigenvalue weighted by Gasteiger charge is 2.11. The van der Waals surface area contributed by atoms with Crippen LogP contribution < -0.4 is 5.73 Å². The van der Waals surface area contributed by atoms with E-state index in [1.807, 2.05) is 0 Å². The van der Waals surface area contributed by atoms with Gasteiger partial charge in [0.05, 0.1) is 0 Å². The summed E-state index contributed by atoms with van der Waals surface area (Å²) in [6.07, 6.45) is 4.64. The Labute approximate surface area is 106 Å². The van der Waals surface area contributed by atoms with Gasteiger partial charge >= 0.3 is 0 Å². The van der Waals surface area contributed by atoms with Crippen molar-refractivity contribution in [3.8, 4) is 0 Å². The smallest absolute Gasteiger partial charge is 0.00795 e. The molecule has 1 atom stereocenters. The Balaban J connectivity index is 2.90. The minimum Gasteiger partial charge on any atom is -0.327 e. The van der Waals surface area contributed by atoms with Crippen molar-refractivity contribution in [3.63, 3.8) is 0 Å². The van der Waals surface area contributed by atoms with E-state index < -0.39 is 0 Å². The molecular formula is C16H27N. The fourth-order valence-corrected chi connectivity index (χ4v) is 2.44. The summed E-state index contributed by atoms with van der Waals surface area (Å²) in [6, 6.07) is 2.60. The van der Waals surface area contributed by atoms with Gasteiger partial charge in [0.2, 0.25) is 0 Å². The van der Waals surface area contributed by atoms with Crippen LogP contribution in [0.5, 0.6) is 0 Å². The molecular weight excluding hydrogens is 206 g/mol. The lowest BCUT2D eigenvalue weighted by molar-refractivity contribution is 0.571. The summed E-state index contributed by atoms with van der Waals surface area (Å²) in [6.45, 7) is 11.1. The lowest BCUT2D eigenvalue weighted by atomic mass is 9.89. The van der Waals surface area contributed by atoms with Gasteiger partial charge < -0.3 is 5.73 Å². The molecule has 0 bridgehead atoms. The fourth-order valence-electron chi connectivity index (χ4n) is 2.44. The van der Waals surface area contributed by atoms with Crippen molar-refractivity contribution in [2.24, 2.45) is 5.73 Å². The van der Waals surface area contributed by atoms with E-state index in [1.54, 1.807) is 0 Å². The van der Waals surface area contributed by atoms with E-state index in [4.69, 9.17) is 5.73 Å². The molecule has 1 aromatic rings. The summed E-state index contributed by atoms with van der Waals surface area (Å²) in [5.41, 5.74) is 13.4. The summed E-state index contributed by atoms with van der Waals surface area (Å²) in [4.78, 5) is 0. The second kappa shape index (κ2) is 6.20. The zero-order valence-corrected chi connectivity index (χ0v) is 12.1. The van der Waals surface area contributed by atoms with Crippen LogP contribution in [-0.2, 0) is 6.42 Å². The number of rotatable bonds is 5. The molecule has 2 N–H and O–H groups in total. The molecule has 1 heteroatoms. The normalized spacial score (nSPS) is 12.8. The zero-order chi connectivity index (χ0) is 13.0. The first-order chi connectivity index (χ1) is 7.97. The van der Waals surface area contributed by atoms with Gasteiger partial charge in [0.1, 0.15) is 0 Å². The van der Waals surface area contributed by atoms with Crippen LogP contribution in [-0.4, -0.2) is 6.04 Å². The Hall–Kier alpha value is -0.820. The fraction of sp³-hybridized carbons (Fsp3) is 0.625. The number of nitrogens with two attached hydrogens (primary N) is 1. The molecule has 0 aromatic heterocycles. The van der Waals surface area contributed by atoms with E-state index in [2.05, 4.69) is 40.7 Å². The number of aryl methyl sites for hydroxylation is 2. The van der Waals surface area contributed by atoms with Crippen molar-refractivity contribution < 1.29 is 0 Å². The first-order valence-electron chi connectivity index (χ1n) is 6.79. The van der Waals surface area contributed by atoms with Crippen LogP contribution in [0.15, 0.2) is 6.07 Å². The Kier molecular flexibility index (Phi) is 5.20. The third-order valence-electron chi connectivity index (χ3n) is 3.92. The monoisotopic (exact) mass is 233 g/mol. The van der Waals surface area contributed by atoms with Gasteiger partial charge in [-0.2, -0.15) is 0 Å². The summed E-state index contributed by atoms with van der Waals surface area (Å²) < 4.78 is 0. The van der Waals surface area contributed by atoms with Gasteiger partial charge in [0.25, 0.3) is 0 Å². The molecule has 0 radical (unpaired) electrons. The first-order valence-corrected chi connectivity index (χ1v) is 6.79. The van der Waals surface area contributed by atoms with Gasteiger partial charge in [0, 0.05) is 6.04 Å². The predicted octanol–water partition coefficient (Wildman–Crippen LogP) is 3.98. The SMILES string of the molecule is CCCCC(N)Cc1c(C)c(C)cc(C)c1C. The number of benzene rings is 1. The van der Waals surface area contributed by atoms with E-state index in [9.17, 15) is 0 Å². The second-order valence-electron chi connectivity index (χ2n) is 5.35. The molecule has 0 spiro atoms. The lowest BCUT2D eigenvalue weighted by Crippen LogP contribution is -2.23. The molecule has 0 saturated heterocycles. The molecule has 0 heterocycles. The van der Waals surface area contributed by atoms with E-state index in [0.29, 0.717) is 6.04 Å². The van der Waals surface area contributed by atoms with Crippen molar-refractivity contribution in [1.29, 1.82) is 0 Å². The largest absolute Gasteiger partial charge is 0.327 e. The Morgan fingerprint density at radius 2 is 1.59 bits per heavy atom. The van der Waals surface area contributed by atoms with E-state index >= 15 is 0 Å². The molecule has 1 aromatic carbocycles. The van der Waals surface area contributed by atoms with Crippen molar-refractivity contribution in [3.05, 3.63) is 33.9 Å². The van der Waals surface area contributed by atoms with E-state index in [1.165, 1.54) is 40.7 Å². The van der Waals surface area contributed by atoms with Gasteiger partial charge in [-0.3, -0.25) is 0 Å². The number of hydrogen-bond acceptors (Lipinski definition) is 1. The van der Waals surface area contributed by atoms with Crippen LogP contribution >= 0.6 is 0 Å². The highest BCUT2D eigenvalue weighted by molar-refractivity contribution is 5.44. The van der Waals surface area contributed by atoms with Crippen molar-refractivity contribution in [2.45, 2.75) is 66.3 Å². The summed E-state index contributed by atoms with van der Waals surface area (Å²) in [5, 5.41) is 0. The van der Waals surface area contributed by atoms with Crippen LogP contribution in [0.4, 0.5) is 0 Å². The summed E-state index contributed by atoms with van der Waals surface area (Å²) in [7, 11) is 0. The predicted molar refractivity (Wildman–Crippen MR) is 76.6 cm³/mol. The van der Waals surface area contributed by atoms with Crippen LogP contribution in [0, 0.1) is 27.7 Å². The Bertz CT molecular complexity index is 353. The molecule has 17 heavy (non-hydrogen) atoms. The van der Waals surface area contributed by atoms with Crippen molar-refractivity contribution in [1.82, 2.24) is 0 Å². The first kappa shape index (κ1) is 14.2. The minimum atomic E-state index is 0.313. The highest BCUT2D eigenvalue weighted by Crippen LogP contribution is 2.23. The molecule has 0 aliphatic rings. The lowest BCUT2D eigenvalue weighted by Gasteiger charge is -2.18. The van der Waals surface area contributed by atoms with Gasteiger partial charge in [-0.25, -0.2) is 0 Å². The van der Waals surface area contributed by atoms with Crippen molar-refractivity contribution >= 4 is 0 Å². The van der Waals surface area contributed by atoms with Gasteiger partial charge in [-0.05, 0) is 68.4 Å². The minimum absolute atomic E-state index is 0.313. The second-order valence-corrected chi connectivity index (χ2v) is 5.35.